The maximum atomic E-state index is 12.7. The molecular formula is C18H20N4O4. The summed E-state index contributed by atoms with van der Waals surface area (Å²) in [4.78, 5) is 26.2. The SMILES string of the molecule is O=C(Nc1ccc2c(c1)OCCO2)[C@H]1CCCN(c2cn[nH]c(=O)c2)C1. The van der Waals surface area contributed by atoms with Crippen LogP contribution >= 0.6 is 0 Å². The number of ether oxygens (including phenoxy) is 2. The van der Waals surface area contributed by atoms with E-state index >= 15 is 0 Å². The summed E-state index contributed by atoms with van der Waals surface area (Å²) in [7, 11) is 0. The molecule has 1 atom stereocenters. The molecule has 2 aromatic rings. The van der Waals surface area contributed by atoms with E-state index in [1.54, 1.807) is 18.3 Å². The van der Waals surface area contributed by atoms with Crippen molar-refractivity contribution in [3.05, 3.63) is 40.8 Å². The lowest BCUT2D eigenvalue weighted by Gasteiger charge is -2.33. The number of nitrogens with zero attached hydrogens (tertiary/aromatic N) is 2. The van der Waals surface area contributed by atoms with Crippen LogP contribution in [-0.2, 0) is 4.79 Å². The predicted molar refractivity (Wildman–Crippen MR) is 95.9 cm³/mol. The van der Waals surface area contributed by atoms with Crippen LogP contribution in [0.4, 0.5) is 11.4 Å². The number of hydrogen-bond acceptors (Lipinski definition) is 6. The van der Waals surface area contributed by atoms with E-state index in [9.17, 15) is 9.59 Å². The number of carbonyl (C=O) groups excluding carboxylic acids is 1. The van der Waals surface area contributed by atoms with Crippen molar-refractivity contribution in [3.8, 4) is 11.5 Å². The van der Waals surface area contributed by atoms with Crippen LogP contribution in [-0.4, -0.2) is 42.4 Å². The van der Waals surface area contributed by atoms with Crippen LogP contribution in [0.25, 0.3) is 0 Å². The summed E-state index contributed by atoms with van der Waals surface area (Å²) in [6.07, 6.45) is 3.30. The lowest BCUT2D eigenvalue weighted by atomic mass is 9.96. The van der Waals surface area contributed by atoms with Crippen molar-refractivity contribution in [2.75, 3.05) is 36.5 Å². The highest BCUT2D eigenvalue weighted by molar-refractivity contribution is 5.93. The number of rotatable bonds is 3. The Morgan fingerprint density at radius 1 is 1.23 bits per heavy atom. The van der Waals surface area contributed by atoms with Gasteiger partial charge in [0.2, 0.25) is 5.91 Å². The van der Waals surface area contributed by atoms with Crippen molar-refractivity contribution in [1.29, 1.82) is 0 Å². The number of H-pyrrole nitrogens is 1. The summed E-state index contributed by atoms with van der Waals surface area (Å²) >= 11 is 0. The molecule has 0 unspecified atom stereocenters. The average molecular weight is 356 g/mol. The van der Waals surface area contributed by atoms with E-state index in [2.05, 4.69) is 15.5 Å². The van der Waals surface area contributed by atoms with Gasteiger partial charge in [-0.15, -0.1) is 0 Å². The molecule has 2 N–H and O–H groups in total. The monoisotopic (exact) mass is 356 g/mol. The van der Waals surface area contributed by atoms with Gasteiger partial charge >= 0.3 is 0 Å². The van der Waals surface area contributed by atoms with E-state index in [1.807, 2.05) is 11.0 Å². The third kappa shape index (κ3) is 3.49. The van der Waals surface area contributed by atoms with Gasteiger partial charge in [-0.2, -0.15) is 5.10 Å². The number of fused-ring (bicyclic) bond motifs is 1. The van der Waals surface area contributed by atoms with E-state index in [-0.39, 0.29) is 17.4 Å². The average Bonchev–Trinajstić information content (AvgIpc) is 2.68. The quantitative estimate of drug-likeness (QED) is 0.863. The second kappa shape index (κ2) is 7.07. The molecule has 1 aromatic heterocycles. The first-order valence-electron chi connectivity index (χ1n) is 8.69. The molecule has 4 rings (SSSR count). The van der Waals surface area contributed by atoms with Crippen molar-refractivity contribution in [1.82, 2.24) is 10.2 Å². The molecule has 0 aliphatic carbocycles. The Hall–Kier alpha value is -3.03. The zero-order valence-electron chi connectivity index (χ0n) is 14.2. The van der Waals surface area contributed by atoms with Crippen LogP contribution in [0.15, 0.2) is 35.3 Å². The van der Waals surface area contributed by atoms with Gasteiger partial charge in [-0.05, 0) is 25.0 Å². The highest BCUT2D eigenvalue weighted by atomic mass is 16.6. The number of nitrogens with one attached hydrogen (secondary N) is 2. The predicted octanol–water partition coefficient (Wildman–Crippen LogP) is 1.40. The Morgan fingerprint density at radius 3 is 2.92 bits per heavy atom. The van der Waals surface area contributed by atoms with E-state index in [4.69, 9.17) is 9.47 Å². The molecule has 0 radical (unpaired) electrons. The molecule has 1 amide bonds. The molecule has 1 saturated heterocycles. The molecule has 2 aliphatic heterocycles. The minimum absolute atomic E-state index is 0.0378. The van der Waals surface area contributed by atoms with Crippen LogP contribution in [0.2, 0.25) is 0 Å². The largest absolute Gasteiger partial charge is 0.486 e. The maximum Gasteiger partial charge on any atom is 0.266 e. The van der Waals surface area contributed by atoms with Gasteiger partial charge in [0.25, 0.3) is 5.56 Å². The molecule has 2 aliphatic rings. The van der Waals surface area contributed by atoms with Crippen LogP contribution in [0, 0.1) is 5.92 Å². The Kier molecular flexibility index (Phi) is 4.47. The van der Waals surface area contributed by atoms with Crippen LogP contribution in [0.5, 0.6) is 11.5 Å². The van der Waals surface area contributed by atoms with Gasteiger partial charge in [-0.3, -0.25) is 9.59 Å². The van der Waals surface area contributed by atoms with E-state index in [1.165, 1.54) is 6.07 Å². The Balaban J connectivity index is 1.43. The van der Waals surface area contributed by atoms with Gasteiger partial charge in [-0.25, -0.2) is 5.10 Å². The summed E-state index contributed by atoms with van der Waals surface area (Å²) in [5.41, 5.74) is 1.19. The highest BCUT2D eigenvalue weighted by Crippen LogP contribution is 2.33. The summed E-state index contributed by atoms with van der Waals surface area (Å²) in [6.45, 7) is 2.40. The third-order valence-corrected chi connectivity index (χ3v) is 4.62. The molecule has 26 heavy (non-hydrogen) atoms. The summed E-state index contributed by atoms with van der Waals surface area (Å²) in [6, 6.07) is 6.91. The van der Waals surface area contributed by atoms with Crippen LogP contribution in [0.1, 0.15) is 12.8 Å². The number of piperidine rings is 1. The Bertz CT molecular complexity index is 866. The first-order valence-corrected chi connectivity index (χ1v) is 8.69. The minimum atomic E-state index is -0.245. The number of aromatic nitrogens is 2. The first kappa shape index (κ1) is 16.4. The minimum Gasteiger partial charge on any atom is -0.486 e. The molecule has 3 heterocycles. The zero-order chi connectivity index (χ0) is 17.9. The standard InChI is InChI=1S/C18H20N4O4/c23-17-9-14(10-19-21-17)22-5-1-2-12(11-22)18(24)20-13-3-4-15-16(8-13)26-7-6-25-15/h3-4,8-10,12H,1-2,5-7,11H2,(H,20,24)(H,21,23)/t12-/m0/s1. The lowest BCUT2D eigenvalue weighted by Crippen LogP contribution is -2.41. The molecule has 136 valence electrons. The van der Waals surface area contributed by atoms with Crippen molar-refractivity contribution < 1.29 is 14.3 Å². The number of hydrogen-bond donors (Lipinski definition) is 2. The van der Waals surface area contributed by atoms with Gasteiger partial charge in [0.15, 0.2) is 11.5 Å². The van der Waals surface area contributed by atoms with Crippen molar-refractivity contribution in [2.24, 2.45) is 5.92 Å². The van der Waals surface area contributed by atoms with E-state index < -0.39 is 0 Å². The van der Waals surface area contributed by atoms with E-state index in [0.29, 0.717) is 36.9 Å². The fraction of sp³-hybridized carbons (Fsp3) is 0.389. The third-order valence-electron chi connectivity index (χ3n) is 4.62. The molecule has 8 heteroatoms. The number of amides is 1. The molecule has 0 bridgehead atoms. The normalized spacial score (nSPS) is 19.1. The fourth-order valence-electron chi connectivity index (χ4n) is 3.33. The maximum absolute atomic E-state index is 12.7. The van der Waals surface area contributed by atoms with Crippen molar-refractivity contribution in [2.45, 2.75) is 12.8 Å². The molecule has 0 spiro atoms. The van der Waals surface area contributed by atoms with Gasteiger partial charge in [0, 0.05) is 30.9 Å². The fourth-order valence-corrected chi connectivity index (χ4v) is 3.33. The van der Waals surface area contributed by atoms with Crippen LogP contribution < -0.4 is 25.2 Å². The van der Waals surface area contributed by atoms with Crippen molar-refractivity contribution >= 4 is 17.3 Å². The number of benzene rings is 1. The number of carbonyl (C=O) groups is 1. The Morgan fingerprint density at radius 2 is 2.08 bits per heavy atom. The molecule has 1 fully saturated rings. The summed E-state index contributed by atoms with van der Waals surface area (Å²) in [5.74, 6) is 1.15. The van der Waals surface area contributed by atoms with Gasteiger partial charge in [0.1, 0.15) is 13.2 Å². The summed E-state index contributed by atoms with van der Waals surface area (Å²) < 4.78 is 11.0. The smallest absolute Gasteiger partial charge is 0.266 e. The molecule has 8 nitrogen and oxygen atoms in total. The number of anilines is 2. The molecule has 1 aromatic carbocycles. The van der Waals surface area contributed by atoms with Crippen LogP contribution in [0.3, 0.4) is 0 Å². The van der Waals surface area contributed by atoms with Gasteiger partial charge in [-0.1, -0.05) is 0 Å². The Labute approximate surface area is 150 Å². The molecular weight excluding hydrogens is 336 g/mol. The second-order valence-corrected chi connectivity index (χ2v) is 6.44. The van der Waals surface area contributed by atoms with Gasteiger partial charge < -0.3 is 19.7 Å². The lowest BCUT2D eigenvalue weighted by molar-refractivity contribution is -0.120. The zero-order valence-corrected chi connectivity index (χ0v) is 14.2. The van der Waals surface area contributed by atoms with E-state index in [0.717, 1.165) is 25.1 Å². The second-order valence-electron chi connectivity index (χ2n) is 6.44. The van der Waals surface area contributed by atoms with Gasteiger partial charge in [0.05, 0.1) is 17.8 Å². The number of aromatic amines is 1. The van der Waals surface area contributed by atoms with Crippen molar-refractivity contribution in [3.63, 3.8) is 0 Å². The molecule has 0 saturated carbocycles. The topological polar surface area (TPSA) is 96.6 Å². The first-order chi connectivity index (χ1) is 12.7. The highest BCUT2D eigenvalue weighted by Gasteiger charge is 2.26. The summed E-state index contributed by atoms with van der Waals surface area (Å²) in [5, 5.41) is 9.16.